The van der Waals surface area contributed by atoms with Crippen molar-refractivity contribution in [3.05, 3.63) is 64.7 Å². The molecular formula is C21H22ClN3O2. The van der Waals surface area contributed by atoms with Gasteiger partial charge in [0.1, 0.15) is 0 Å². The highest BCUT2D eigenvalue weighted by Crippen LogP contribution is 2.28. The van der Waals surface area contributed by atoms with Crippen molar-refractivity contribution in [3.8, 4) is 17.4 Å². The Morgan fingerprint density at radius 3 is 2.48 bits per heavy atom. The third kappa shape index (κ3) is 4.37. The molecule has 0 bridgehead atoms. The number of carbonyl (C=O) groups excluding carboxylic acids is 1. The van der Waals surface area contributed by atoms with Gasteiger partial charge in [0.15, 0.2) is 5.82 Å². The third-order valence-electron chi connectivity index (χ3n) is 4.05. The zero-order chi connectivity index (χ0) is 19.4. The summed E-state index contributed by atoms with van der Waals surface area (Å²) in [5.41, 5.74) is 2.32. The molecule has 2 aromatic carbocycles. The van der Waals surface area contributed by atoms with Gasteiger partial charge in [-0.05, 0) is 42.2 Å². The molecular weight excluding hydrogens is 362 g/mol. The number of aromatic nitrogens is 3. The van der Waals surface area contributed by atoms with Gasteiger partial charge in [0.2, 0.25) is 0 Å². The number of rotatable bonds is 6. The summed E-state index contributed by atoms with van der Waals surface area (Å²) in [6.45, 7) is 6.60. The van der Waals surface area contributed by atoms with Gasteiger partial charge in [0.05, 0.1) is 11.6 Å². The predicted molar refractivity (Wildman–Crippen MR) is 106 cm³/mol. The first-order valence-electron chi connectivity index (χ1n) is 8.98. The highest BCUT2D eigenvalue weighted by atomic mass is 35.5. The smallest absolute Gasteiger partial charge is 0.336 e. The first kappa shape index (κ1) is 19.1. The Morgan fingerprint density at radius 1 is 1.15 bits per heavy atom. The summed E-state index contributed by atoms with van der Waals surface area (Å²) >= 11 is 6.32. The normalized spacial score (nSPS) is 11.0. The van der Waals surface area contributed by atoms with E-state index in [9.17, 15) is 4.79 Å². The summed E-state index contributed by atoms with van der Waals surface area (Å²) < 4.78 is 6.90. The van der Waals surface area contributed by atoms with Crippen LogP contribution in [-0.2, 0) is 6.42 Å². The van der Waals surface area contributed by atoms with E-state index < -0.39 is 0 Å². The van der Waals surface area contributed by atoms with Crippen LogP contribution in [0.15, 0.2) is 48.5 Å². The number of nitrogens with zero attached hydrogens (tertiary/aromatic N) is 3. The van der Waals surface area contributed by atoms with Crippen molar-refractivity contribution in [1.29, 1.82) is 0 Å². The van der Waals surface area contributed by atoms with Crippen LogP contribution in [0.3, 0.4) is 0 Å². The van der Waals surface area contributed by atoms with Crippen LogP contribution in [0.1, 0.15) is 36.7 Å². The van der Waals surface area contributed by atoms with Crippen molar-refractivity contribution < 1.29 is 9.53 Å². The molecule has 0 radical (unpaired) electrons. The van der Waals surface area contributed by atoms with Crippen molar-refractivity contribution in [2.24, 2.45) is 5.92 Å². The summed E-state index contributed by atoms with van der Waals surface area (Å²) in [7, 11) is 0. The van der Waals surface area contributed by atoms with E-state index in [0.29, 0.717) is 34.5 Å². The molecule has 140 valence electrons. The van der Waals surface area contributed by atoms with Crippen LogP contribution >= 0.6 is 11.6 Å². The molecule has 0 spiro atoms. The van der Waals surface area contributed by atoms with E-state index in [4.69, 9.17) is 16.3 Å². The second-order valence-electron chi connectivity index (χ2n) is 6.67. The zero-order valence-corrected chi connectivity index (χ0v) is 16.4. The summed E-state index contributed by atoms with van der Waals surface area (Å²) in [6, 6.07) is 14.9. The lowest BCUT2D eigenvalue weighted by atomic mass is 10.1. The molecule has 0 saturated heterocycles. The van der Waals surface area contributed by atoms with E-state index in [2.05, 4.69) is 17.0 Å². The number of aryl methyl sites for hydroxylation is 1. The van der Waals surface area contributed by atoms with Crippen molar-refractivity contribution in [2.75, 3.05) is 6.61 Å². The van der Waals surface area contributed by atoms with E-state index in [0.717, 1.165) is 12.0 Å². The number of carbonyl (C=O) groups is 1. The lowest BCUT2D eigenvalue weighted by Crippen LogP contribution is -2.15. The van der Waals surface area contributed by atoms with E-state index in [1.165, 1.54) is 4.68 Å². The molecule has 0 N–H and O–H groups in total. The fourth-order valence-corrected chi connectivity index (χ4v) is 2.78. The quantitative estimate of drug-likeness (QED) is 0.608. The van der Waals surface area contributed by atoms with Gasteiger partial charge in [0, 0.05) is 11.1 Å². The Labute approximate surface area is 164 Å². The summed E-state index contributed by atoms with van der Waals surface area (Å²) in [6.07, 6.45) is 0.913. The molecule has 0 aliphatic heterocycles. The second kappa shape index (κ2) is 8.35. The Kier molecular flexibility index (Phi) is 5.91. The highest BCUT2D eigenvalue weighted by molar-refractivity contribution is 6.33. The van der Waals surface area contributed by atoms with Gasteiger partial charge in [0.25, 0.3) is 5.91 Å². The first-order chi connectivity index (χ1) is 13.0. The minimum Gasteiger partial charge on any atom is -0.462 e. The molecule has 5 nitrogen and oxygen atoms in total. The van der Waals surface area contributed by atoms with Gasteiger partial charge >= 0.3 is 6.01 Å². The maximum Gasteiger partial charge on any atom is 0.336 e. The Bertz CT molecular complexity index is 933. The molecule has 0 amide bonds. The molecule has 1 aromatic heterocycles. The second-order valence-corrected chi connectivity index (χ2v) is 7.08. The minimum absolute atomic E-state index is 0.164. The molecule has 0 atom stereocenters. The van der Waals surface area contributed by atoms with E-state index in [-0.39, 0.29) is 11.9 Å². The van der Waals surface area contributed by atoms with Gasteiger partial charge in [-0.25, -0.2) is 0 Å². The fraction of sp³-hybridized carbons (Fsp3) is 0.286. The molecule has 27 heavy (non-hydrogen) atoms. The molecule has 0 aliphatic carbocycles. The van der Waals surface area contributed by atoms with Crippen molar-refractivity contribution in [3.63, 3.8) is 0 Å². The van der Waals surface area contributed by atoms with Gasteiger partial charge in [-0.1, -0.05) is 56.6 Å². The lowest BCUT2D eigenvalue weighted by molar-refractivity contribution is 0.0944. The Morgan fingerprint density at radius 2 is 1.85 bits per heavy atom. The average molecular weight is 384 g/mol. The van der Waals surface area contributed by atoms with Crippen LogP contribution in [0, 0.1) is 5.92 Å². The molecule has 0 aliphatic rings. The topological polar surface area (TPSA) is 57.0 Å². The van der Waals surface area contributed by atoms with Gasteiger partial charge < -0.3 is 4.74 Å². The summed E-state index contributed by atoms with van der Waals surface area (Å²) in [5, 5.41) is 4.79. The molecule has 3 rings (SSSR count). The molecule has 6 heteroatoms. The SMILES string of the molecule is CCc1ccc(C(=O)n2nc(OCC(C)C)nc2-c2ccccc2Cl)cc1. The fourth-order valence-electron chi connectivity index (χ4n) is 2.56. The molecule has 3 aromatic rings. The van der Waals surface area contributed by atoms with Crippen LogP contribution in [0.4, 0.5) is 0 Å². The lowest BCUT2D eigenvalue weighted by Gasteiger charge is -2.06. The molecule has 0 fully saturated rings. The predicted octanol–water partition coefficient (Wildman–Crippen LogP) is 4.88. The van der Waals surface area contributed by atoms with Crippen molar-refractivity contribution in [1.82, 2.24) is 14.8 Å². The Balaban J connectivity index is 2.03. The van der Waals surface area contributed by atoms with Gasteiger partial charge in [-0.3, -0.25) is 4.79 Å². The number of hydrogen-bond acceptors (Lipinski definition) is 4. The molecule has 0 saturated carbocycles. The first-order valence-corrected chi connectivity index (χ1v) is 9.35. The average Bonchev–Trinajstić information content (AvgIpc) is 3.10. The Hall–Kier alpha value is -2.66. The number of ether oxygens (including phenoxy) is 1. The third-order valence-corrected chi connectivity index (χ3v) is 4.38. The standard InChI is InChI=1S/C21H22ClN3O2/c1-4-15-9-11-16(12-10-15)20(26)25-19(17-7-5-6-8-18(17)22)23-21(24-25)27-13-14(2)3/h5-12,14H,4,13H2,1-3H3. The van der Waals surface area contributed by atoms with Gasteiger partial charge in [-0.15, -0.1) is 5.10 Å². The van der Waals surface area contributed by atoms with E-state index in [1.54, 1.807) is 18.2 Å². The van der Waals surface area contributed by atoms with Crippen LogP contribution in [0.5, 0.6) is 6.01 Å². The monoisotopic (exact) mass is 383 g/mol. The zero-order valence-electron chi connectivity index (χ0n) is 15.6. The van der Waals surface area contributed by atoms with E-state index >= 15 is 0 Å². The maximum atomic E-state index is 13.1. The minimum atomic E-state index is -0.278. The van der Waals surface area contributed by atoms with Crippen LogP contribution in [0.25, 0.3) is 11.4 Å². The highest BCUT2D eigenvalue weighted by Gasteiger charge is 2.21. The van der Waals surface area contributed by atoms with Crippen LogP contribution in [0.2, 0.25) is 5.02 Å². The largest absolute Gasteiger partial charge is 0.462 e. The number of hydrogen-bond donors (Lipinski definition) is 0. The molecule has 0 unspecified atom stereocenters. The van der Waals surface area contributed by atoms with Crippen molar-refractivity contribution >= 4 is 17.5 Å². The van der Waals surface area contributed by atoms with Crippen molar-refractivity contribution in [2.45, 2.75) is 27.2 Å². The number of benzene rings is 2. The summed E-state index contributed by atoms with van der Waals surface area (Å²) in [5.74, 6) is 0.404. The van der Waals surface area contributed by atoms with E-state index in [1.807, 2.05) is 44.2 Å². The maximum absolute atomic E-state index is 13.1. The summed E-state index contributed by atoms with van der Waals surface area (Å²) in [4.78, 5) is 17.5. The van der Waals surface area contributed by atoms with Crippen LogP contribution < -0.4 is 4.74 Å². The molecule has 1 heterocycles. The number of halogens is 1. The van der Waals surface area contributed by atoms with Gasteiger partial charge in [-0.2, -0.15) is 9.67 Å². The van der Waals surface area contributed by atoms with Crippen LogP contribution in [-0.4, -0.2) is 27.3 Å².